The van der Waals surface area contributed by atoms with Crippen molar-refractivity contribution < 1.29 is 9.59 Å². The van der Waals surface area contributed by atoms with Gasteiger partial charge in [-0.05, 0) is 54.9 Å². The predicted octanol–water partition coefficient (Wildman–Crippen LogP) is 3.96. The molecule has 0 unspecified atom stereocenters. The molecule has 1 saturated heterocycles. The highest BCUT2D eigenvalue weighted by atomic mass is 35.5. The minimum atomic E-state index is -0.174. The van der Waals surface area contributed by atoms with Crippen molar-refractivity contribution in [2.45, 2.75) is 58.5 Å². The molecule has 1 aromatic carbocycles. The summed E-state index contributed by atoms with van der Waals surface area (Å²) in [5.41, 5.74) is 1.07. The minimum Gasteiger partial charge on any atom is -0.335 e. The van der Waals surface area contributed by atoms with Gasteiger partial charge in [0.05, 0.1) is 6.04 Å². The second kappa shape index (κ2) is 7.47. The normalized spacial score (nSPS) is 28.1. The van der Waals surface area contributed by atoms with Crippen LogP contribution in [0.15, 0.2) is 24.3 Å². The first kappa shape index (κ1) is 19.0. The van der Waals surface area contributed by atoms with Crippen LogP contribution in [0.5, 0.6) is 0 Å². The first-order valence-corrected chi connectivity index (χ1v) is 9.72. The zero-order valence-electron chi connectivity index (χ0n) is 15.7. The molecule has 0 radical (unpaired) electrons. The fourth-order valence-corrected chi connectivity index (χ4v) is 4.67. The number of rotatable bonds is 3. The minimum absolute atomic E-state index is 0.0186. The molecule has 142 valence electrons. The van der Waals surface area contributed by atoms with Crippen LogP contribution in [0, 0.1) is 11.3 Å². The Balaban J connectivity index is 1.54. The molecule has 1 heterocycles. The molecule has 2 fully saturated rings. The van der Waals surface area contributed by atoms with Crippen LogP contribution in [0.4, 0.5) is 10.5 Å². The van der Waals surface area contributed by atoms with Crippen molar-refractivity contribution >= 4 is 29.2 Å². The summed E-state index contributed by atoms with van der Waals surface area (Å²) in [5, 5.41) is 6.72. The van der Waals surface area contributed by atoms with Gasteiger partial charge in [-0.2, -0.15) is 0 Å². The third kappa shape index (κ3) is 4.70. The Morgan fingerprint density at radius 2 is 1.81 bits per heavy atom. The second-order valence-corrected chi connectivity index (χ2v) is 9.05. The van der Waals surface area contributed by atoms with Crippen LogP contribution in [0.2, 0.25) is 5.02 Å². The lowest BCUT2D eigenvalue weighted by atomic mass is 9.71. The van der Waals surface area contributed by atoms with Gasteiger partial charge in [0.1, 0.15) is 0 Å². The van der Waals surface area contributed by atoms with E-state index in [1.165, 1.54) is 6.42 Å². The highest BCUT2D eigenvalue weighted by Gasteiger charge is 2.34. The van der Waals surface area contributed by atoms with Crippen LogP contribution in [-0.4, -0.2) is 30.6 Å². The standard InChI is InChI=1S/C20H28ClN3O2/c1-13-8-15(11-20(2,3)10-13)22-19(26)23-16-9-18(25)24(12-16)17-6-4-14(21)5-7-17/h4-7,13,15-16H,8-12H2,1-3H3,(H2,22,23,26)/t13-,15+,16-/m1/s1. The Hall–Kier alpha value is -1.75. The average Bonchev–Trinajstić information content (AvgIpc) is 2.86. The van der Waals surface area contributed by atoms with Crippen molar-refractivity contribution in [1.82, 2.24) is 10.6 Å². The Kier molecular flexibility index (Phi) is 5.47. The van der Waals surface area contributed by atoms with E-state index in [0.717, 1.165) is 18.5 Å². The molecule has 26 heavy (non-hydrogen) atoms. The maximum atomic E-state index is 12.4. The Morgan fingerprint density at radius 1 is 1.15 bits per heavy atom. The monoisotopic (exact) mass is 377 g/mol. The third-order valence-corrected chi connectivity index (χ3v) is 5.57. The number of urea groups is 1. The SMILES string of the molecule is C[C@@H]1C[C@H](NC(=O)N[C@@H]2CC(=O)N(c3ccc(Cl)cc3)C2)CC(C)(C)C1. The zero-order chi connectivity index (χ0) is 18.9. The topological polar surface area (TPSA) is 61.4 Å². The van der Waals surface area contributed by atoms with E-state index in [9.17, 15) is 9.59 Å². The molecule has 2 N–H and O–H groups in total. The van der Waals surface area contributed by atoms with Gasteiger partial charge in [-0.25, -0.2) is 4.79 Å². The zero-order valence-corrected chi connectivity index (χ0v) is 16.5. The number of carbonyl (C=O) groups is 2. The predicted molar refractivity (Wildman–Crippen MR) is 104 cm³/mol. The molecule has 1 aromatic rings. The van der Waals surface area contributed by atoms with E-state index in [-0.39, 0.29) is 29.4 Å². The van der Waals surface area contributed by atoms with Crippen LogP contribution in [0.25, 0.3) is 0 Å². The van der Waals surface area contributed by atoms with Gasteiger partial charge in [-0.1, -0.05) is 32.4 Å². The number of hydrogen-bond acceptors (Lipinski definition) is 2. The number of halogens is 1. The number of hydrogen-bond donors (Lipinski definition) is 2. The first-order valence-electron chi connectivity index (χ1n) is 9.35. The number of nitrogens with one attached hydrogen (secondary N) is 2. The molecule has 1 aliphatic heterocycles. The molecule has 3 amide bonds. The second-order valence-electron chi connectivity index (χ2n) is 8.61. The van der Waals surface area contributed by atoms with E-state index in [1.54, 1.807) is 17.0 Å². The van der Waals surface area contributed by atoms with Crippen molar-refractivity contribution in [3.8, 4) is 0 Å². The lowest BCUT2D eigenvalue weighted by molar-refractivity contribution is -0.117. The fourth-order valence-electron chi connectivity index (χ4n) is 4.54. The summed E-state index contributed by atoms with van der Waals surface area (Å²) >= 11 is 5.91. The van der Waals surface area contributed by atoms with E-state index < -0.39 is 0 Å². The maximum absolute atomic E-state index is 12.4. The lowest BCUT2D eigenvalue weighted by Gasteiger charge is -2.39. The smallest absolute Gasteiger partial charge is 0.315 e. The van der Waals surface area contributed by atoms with Gasteiger partial charge in [0, 0.05) is 29.7 Å². The van der Waals surface area contributed by atoms with E-state index in [2.05, 4.69) is 31.4 Å². The van der Waals surface area contributed by atoms with Crippen LogP contribution >= 0.6 is 11.6 Å². The molecule has 2 aliphatic rings. The molecule has 6 heteroatoms. The van der Waals surface area contributed by atoms with Crippen LogP contribution in [0.3, 0.4) is 0 Å². The molecular formula is C20H28ClN3O2. The highest BCUT2D eigenvalue weighted by molar-refractivity contribution is 6.30. The molecule has 0 bridgehead atoms. The summed E-state index contributed by atoms with van der Waals surface area (Å²) in [7, 11) is 0. The summed E-state index contributed by atoms with van der Waals surface area (Å²) in [6.45, 7) is 7.25. The number of benzene rings is 1. The van der Waals surface area contributed by atoms with Gasteiger partial charge < -0.3 is 15.5 Å². The van der Waals surface area contributed by atoms with Crippen LogP contribution in [-0.2, 0) is 4.79 Å². The van der Waals surface area contributed by atoms with Crippen molar-refractivity contribution in [3.63, 3.8) is 0 Å². The van der Waals surface area contributed by atoms with Gasteiger partial charge in [-0.15, -0.1) is 0 Å². The fraction of sp³-hybridized carbons (Fsp3) is 0.600. The molecular weight excluding hydrogens is 350 g/mol. The summed E-state index contributed by atoms with van der Waals surface area (Å²) in [5.74, 6) is 0.627. The molecule has 1 aliphatic carbocycles. The van der Waals surface area contributed by atoms with E-state index >= 15 is 0 Å². The van der Waals surface area contributed by atoms with Gasteiger partial charge in [0.15, 0.2) is 0 Å². The summed E-state index contributed by atoms with van der Waals surface area (Å²) in [4.78, 5) is 26.4. The molecule has 1 saturated carbocycles. The molecule has 5 nitrogen and oxygen atoms in total. The third-order valence-electron chi connectivity index (χ3n) is 5.32. The van der Waals surface area contributed by atoms with Crippen molar-refractivity contribution in [2.75, 3.05) is 11.4 Å². The van der Waals surface area contributed by atoms with Crippen molar-refractivity contribution in [1.29, 1.82) is 0 Å². The maximum Gasteiger partial charge on any atom is 0.315 e. The van der Waals surface area contributed by atoms with E-state index in [1.807, 2.05) is 12.1 Å². The molecule has 3 atom stereocenters. The Morgan fingerprint density at radius 3 is 2.46 bits per heavy atom. The van der Waals surface area contributed by atoms with Gasteiger partial charge >= 0.3 is 6.03 Å². The lowest BCUT2D eigenvalue weighted by Crippen LogP contribution is -2.50. The number of carbonyl (C=O) groups excluding carboxylic acids is 2. The molecule has 0 aromatic heterocycles. The first-order chi connectivity index (χ1) is 12.2. The van der Waals surface area contributed by atoms with Gasteiger partial charge in [0.25, 0.3) is 0 Å². The summed E-state index contributed by atoms with van der Waals surface area (Å²) < 4.78 is 0. The number of amides is 3. The van der Waals surface area contributed by atoms with Crippen LogP contribution < -0.4 is 15.5 Å². The molecule has 0 spiro atoms. The number of nitrogens with zero attached hydrogens (tertiary/aromatic N) is 1. The number of anilines is 1. The van der Waals surface area contributed by atoms with Crippen molar-refractivity contribution in [3.05, 3.63) is 29.3 Å². The van der Waals surface area contributed by atoms with Gasteiger partial charge in [-0.3, -0.25) is 4.79 Å². The Labute approximate surface area is 160 Å². The van der Waals surface area contributed by atoms with E-state index in [0.29, 0.717) is 23.9 Å². The Bertz CT molecular complexity index is 674. The van der Waals surface area contributed by atoms with E-state index in [4.69, 9.17) is 11.6 Å². The van der Waals surface area contributed by atoms with Crippen molar-refractivity contribution in [2.24, 2.45) is 11.3 Å². The highest BCUT2D eigenvalue weighted by Crippen LogP contribution is 2.38. The largest absolute Gasteiger partial charge is 0.335 e. The van der Waals surface area contributed by atoms with Gasteiger partial charge in [0.2, 0.25) is 5.91 Å². The average molecular weight is 378 g/mol. The summed E-state index contributed by atoms with van der Waals surface area (Å²) in [6.07, 6.45) is 3.52. The summed E-state index contributed by atoms with van der Waals surface area (Å²) in [6, 6.07) is 7.04. The molecule has 3 rings (SSSR count). The van der Waals surface area contributed by atoms with Crippen LogP contribution in [0.1, 0.15) is 46.5 Å². The quantitative estimate of drug-likeness (QED) is 0.837.